The minimum absolute atomic E-state index is 0.332. The van der Waals surface area contributed by atoms with Crippen LogP contribution >= 0.6 is 11.3 Å². The van der Waals surface area contributed by atoms with Gasteiger partial charge in [0, 0.05) is 11.1 Å². The van der Waals surface area contributed by atoms with Crippen LogP contribution in [0.1, 0.15) is 38.4 Å². The largest absolute Gasteiger partial charge is 0.467 e. The molecule has 0 aliphatic heterocycles. The molecule has 1 atom stereocenters. The van der Waals surface area contributed by atoms with Gasteiger partial charge in [0.2, 0.25) is 0 Å². The number of rotatable bonds is 4. The first-order chi connectivity index (χ1) is 12.4. The number of carbonyl (C=O) groups excluding carboxylic acids is 2. The number of ether oxygens (including phenoxy) is 1. The van der Waals surface area contributed by atoms with Crippen molar-refractivity contribution in [3.8, 4) is 0 Å². The molecule has 2 heterocycles. The standard InChI is InChI=1S/C19H19N3O3S/c1-10-14-11(2)20-12(3)21-18(14)26-16(10)17(23)22-15(19(24)25-4)13-8-6-5-7-9-13/h5-9,15H,1-4H3,(H,22,23)/t15-/m1/s1. The number of thiophene rings is 1. The minimum atomic E-state index is -0.868. The highest BCUT2D eigenvalue weighted by molar-refractivity contribution is 7.20. The predicted octanol–water partition coefficient (Wildman–Crippen LogP) is 3.26. The zero-order chi connectivity index (χ0) is 18.8. The van der Waals surface area contributed by atoms with E-state index in [4.69, 9.17) is 4.74 Å². The molecule has 0 saturated heterocycles. The molecule has 2 aromatic heterocycles. The fourth-order valence-electron chi connectivity index (χ4n) is 2.93. The summed E-state index contributed by atoms with van der Waals surface area (Å²) in [5.74, 6) is -0.183. The van der Waals surface area contributed by atoms with Crippen LogP contribution < -0.4 is 5.32 Å². The number of hydrogen-bond acceptors (Lipinski definition) is 6. The van der Waals surface area contributed by atoms with Crippen molar-refractivity contribution in [2.24, 2.45) is 0 Å². The lowest BCUT2D eigenvalue weighted by atomic mass is 10.1. The van der Waals surface area contributed by atoms with Gasteiger partial charge in [0.25, 0.3) is 5.91 Å². The van der Waals surface area contributed by atoms with Crippen LogP contribution in [0.15, 0.2) is 30.3 Å². The van der Waals surface area contributed by atoms with Crippen LogP contribution in [0.25, 0.3) is 10.2 Å². The summed E-state index contributed by atoms with van der Waals surface area (Å²) in [5.41, 5.74) is 2.32. The van der Waals surface area contributed by atoms with Gasteiger partial charge in [-0.15, -0.1) is 11.3 Å². The second kappa shape index (κ2) is 7.21. The molecular weight excluding hydrogens is 350 g/mol. The summed E-state index contributed by atoms with van der Waals surface area (Å²) in [6.45, 7) is 5.60. The molecule has 0 radical (unpaired) electrons. The number of methoxy groups -OCH3 is 1. The van der Waals surface area contributed by atoms with Crippen molar-refractivity contribution in [3.05, 3.63) is 57.9 Å². The topological polar surface area (TPSA) is 81.2 Å². The lowest BCUT2D eigenvalue weighted by Gasteiger charge is -2.16. The van der Waals surface area contributed by atoms with E-state index in [0.29, 0.717) is 16.3 Å². The second-order valence-corrected chi connectivity index (χ2v) is 6.93. The highest BCUT2D eigenvalue weighted by Crippen LogP contribution is 2.31. The molecule has 3 aromatic rings. The molecule has 0 aliphatic carbocycles. The average Bonchev–Trinajstić information content (AvgIpc) is 2.96. The van der Waals surface area contributed by atoms with Crippen LogP contribution in [0.5, 0.6) is 0 Å². The zero-order valence-electron chi connectivity index (χ0n) is 15.0. The van der Waals surface area contributed by atoms with Crippen molar-refractivity contribution in [1.82, 2.24) is 15.3 Å². The van der Waals surface area contributed by atoms with Gasteiger partial charge >= 0.3 is 5.97 Å². The van der Waals surface area contributed by atoms with E-state index in [1.807, 2.05) is 39.0 Å². The zero-order valence-corrected chi connectivity index (χ0v) is 15.8. The van der Waals surface area contributed by atoms with Gasteiger partial charge in [-0.3, -0.25) is 4.79 Å². The molecule has 6 nitrogen and oxygen atoms in total. The van der Waals surface area contributed by atoms with Crippen molar-refractivity contribution in [2.75, 3.05) is 7.11 Å². The Kier molecular flexibility index (Phi) is 4.99. The number of esters is 1. The number of nitrogens with zero attached hydrogens (tertiary/aromatic N) is 2. The van der Waals surface area contributed by atoms with E-state index in [2.05, 4.69) is 15.3 Å². The molecule has 7 heteroatoms. The molecular formula is C19H19N3O3S. The maximum atomic E-state index is 12.9. The van der Waals surface area contributed by atoms with Crippen LogP contribution in [-0.4, -0.2) is 29.0 Å². The van der Waals surface area contributed by atoms with Crippen LogP contribution in [-0.2, 0) is 9.53 Å². The summed E-state index contributed by atoms with van der Waals surface area (Å²) >= 11 is 1.30. The van der Waals surface area contributed by atoms with Gasteiger partial charge in [-0.25, -0.2) is 14.8 Å². The fourth-order valence-corrected chi connectivity index (χ4v) is 4.11. The lowest BCUT2D eigenvalue weighted by Crippen LogP contribution is -2.34. The van der Waals surface area contributed by atoms with E-state index in [-0.39, 0.29) is 5.91 Å². The molecule has 0 spiro atoms. The van der Waals surface area contributed by atoms with E-state index in [9.17, 15) is 9.59 Å². The van der Waals surface area contributed by atoms with Crippen LogP contribution in [0, 0.1) is 20.8 Å². The number of carbonyl (C=O) groups is 2. The smallest absolute Gasteiger partial charge is 0.333 e. The van der Waals surface area contributed by atoms with Gasteiger partial charge in [0.05, 0.1) is 12.0 Å². The van der Waals surface area contributed by atoms with Crippen molar-refractivity contribution < 1.29 is 14.3 Å². The summed E-state index contributed by atoms with van der Waals surface area (Å²) in [6, 6.07) is 8.15. The molecule has 1 amide bonds. The Labute approximate surface area is 155 Å². The Balaban J connectivity index is 1.98. The van der Waals surface area contributed by atoms with Gasteiger partial charge in [-0.1, -0.05) is 30.3 Å². The highest BCUT2D eigenvalue weighted by Gasteiger charge is 2.26. The van der Waals surface area contributed by atoms with Crippen molar-refractivity contribution in [2.45, 2.75) is 26.8 Å². The van der Waals surface area contributed by atoms with E-state index < -0.39 is 12.0 Å². The normalized spacial score (nSPS) is 12.0. The first-order valence-corrected chi connectivity index (χ1v) is 8.92. The maximum absolute atomic E-state index is 12.9. The first-order valence-electron chi connectivity index (χ1n) is 8.10. The van der Waals surface area contributed by atoms with Gasteiger partial charge in [-0.05, 0) is 31.9 Å². The number of fused-ring (bicyclic) bond motifs is 1. The summed E-state index contributed by atoms with van der Waals surface area (Å²) < 4.78 is 4.85. The number of hydrogen-bond donors (Lipinski definition) is 1. The minimum Gasteiger partial charge on any atom is -0.467 e. The highest BCUT2D eigenvalue weighted by atomic mass is 32.1. The summed E-state index contributed by atoms with van der Waals surface area (Å²) in [5, 5.41) is 3.67. The maximum Gasteiger partial charge on any atom is 0.333 e. The van der Waals surface area contributed by atoms with Crippen LogP contribution in [0.3, 0.4) is 0 Å². The van der Waals surface area contributed by atoms with E-state index >= 15 is 0 Å². The summed E-state index contributed by atoms with van der Waals surface area (Å²) in [4.78, 5) is 35.1. The molecule has 0 unspecified atom stereocenters. The van der Waals surface area contributed by atoms with Gasteiger partial charge in [0.1, 0.15) is 10.7 Å². The monoisotopic (exact) mass is 369 g/mol. The fraction of sp³-hybridized carbons (Fsp3) is 0.263. The van der Waals surface area contributed by atoms with Crippen molar-refractivity contribution in [1.29, 1.82) is 0 Å². The van der Waals surface area contributed by atoms with Gasteiger partial charge in [-0.2, -0.15) is 0 Å². The lowest BCUT2D eigenvalue weighted by molar-refractivity contribution is -0.143. The molecule has 0 bridgehead atoms. The van der Waals surface area contributed by atoms with Crippen molar-refractivity contribution >= 4 is 33.4 Å². The van der Waals surface area contributed by atoms with E-state index in [0.717, 1.165) is 21.5 Å². The Morgan fingerprint density at radius 2 is 1.81 bits per heavy atom. The second-order valence-electron chi connectivity index (χ2n) is 5.93. The molecule has 1 N–H and O–H groups in total. The number of aryl methyl sites for hydroxylation is 3. The Bertz CT molecular complexity index is 983. The van der Waals surface area contributed by atoms with Crippen LogP contribution in [0.4, 0.5) is 0 Å². The summed E-state index contributed by atoms with van der Waals surface area (Å²) in [7, 11) is 1.30. The number of nitrogens with one attached hydrogen (secondary N) is 1. The average molecular weight is 369 g/mol. The number of amides is 1. The van der Waals surface area contributed by atoms with Crippen LogP contribution in [0.2, 0.25) is 0 Å². The first kappa shape index (κ1) is 18.0. The van der Waals surface area contributed by atoms with Crippen molar-refractivity contribution in [3.63, 3.8) is 0 Å². The molecule has 0 saturated carbocycles. The van der Waals surface area contributed by atoms with Gasteiger partial charge < -0.3 is 10.1 Å². The van der Waals surface area contributed by atoms with E-state index in [1.165, 1.54) is 18.4 Å². The third-order valence-electron chi connectivity index (χ3n) is 4.13. The predicted molar refractivity (Wildman–Crippen MR) is 100 cm³/mol. The molecule has 134 valence electrons. The third-order valence-corrected chi connectivity index (χ3v) is 5.32. The Hall–Kier alpha value is -2.80. The SMILES string of the molecule is COC(=O)[C@H](NC(=O)c1sc2nc(C)nc(C)c2c1C)c1ccccc1. The third kappa shape index (κ3) is 3.30. The Morgan fingerprint density at radius 1 is 1.12 bits per heavy atom. The molecule has 0 fully saturated rings. The molecule has 3 rings (SSSR count). The molecule has 26 heavy (non-hydrogen) atoms. The summed E-state index contributed by atoms with van der Waals surface area (Å²) in [6.07, 6.45) is 0. The number of benzene rings is 1. The molecule has 1 aromatic carbocycles. The quantitative estimate of drug-likeness (QED) is 0.714. The van der Waals surface area contributed by atoms with Gasteiger partial charge in [0.15, 0.2) is 6.04 Å². The molecule has 0 aliphatic rings. The number of aromatic nitrogens is 2. The van der Waals surface area contributed by atoms with E-state index in [1.54, 1.807) is 12.1 Å². The Morgan fingerprint density at radius 3 is 2.46 bits per heavy atom.